The molecule has 0 fully saturated rings. The van der Waals surface area contributed by atoms with Gasteiger partial charge in [-0.2, -0.15) is 0 Å². The van der Waals surface area contributed by atoms with Crippen molar-refractivity contribution in [1.82, 2.24) is 10.3 Å². The van der Waals surface area contributed by atoms with E-state index >= 15 is 0 Å². The monoisotopic (exact) mass is 604 g/mol. The molecule has 1 aliphatic carbocycles. The van der Waals surface area contributed by atoms with Crippen molar-refractivity contribution in [2.24, 2.45) is 5.92 Å². The molecular weight excluding hydrogens is 564 g/mol. The standard InChI is InChI=1S/C33H40N4O7/c1-8-18(2)29(32(40)37-25-10-9-15-34-33(25)44-7)36-24-14-12-21-22(17-26(24)39)23(35-19(3)38)13-11-20-16-27(41-4)30(42-5)31(43-6)28(20)21/h9-10,12,14-18,23,29H,8,11,13H2,1-7H3,(H,35,38)(H,36,39)(H,37,40). The topological polar surface area (TPSA) is 137 Å². The van der Waals surface area contributed by atoms with Crippen LogP contribution in [0.4, 0.5) is 11.4 Å². The Kier molecular flexibility index (Phi) is 10.3. The average molecular weight is 605 g/mol. The molecule has 1 aromatic heterocycles. The molecule has 1 aliphatic rings. The van der Waals surface area contributed by atoms with Gasteiger partial charge < -0.3 is 34.9 Å². The van der Waals surface area contributed by atoms with Crippen LogP contribution in [-0.2, 0) is 16.0 Å². The molecule has 2 amide bonds. The Bertz CT molecular complexity index is 1590. The van der Waals surface area contributed by atoms with Crippen molar-refractivity contribution in [2.45, 2.75) is 52.1 Å². The number of benzene rings is 1. The highest BCUT2D eigenvalue weighted by Gasteiger charge is 2.30. The van der Waals surface area contributed by atoms with E-state index in [0.717, 1.165) is 11.1 Å². The van der Waals surface area contributed by atoms with E-state index in [1.54, 1.807) is 38.6 Å². The third kappa shape index (κ3) is 6.56. The summed E-state index contributed by atoms with van der Waals surface area (Å²) < 4.78 is 22.4. The number of amides is 2. The van der Waals surface area contributed by atoms with Crippen LogP contribution in [-0.4, -0.2) is 51.3 Å². The number of rotatable bonds is 11. The second kappa shape index (κ2) is 14.1. The molecule has 3 N–H and O–H groups in total. The molecule has 3 unspecified atom stereocenters. The van der Waals surface area contributed by atoms with Crippen LogP contribution in [0.25, 0.3) is 11.1 Å². The minimum atomic E-state index is -0.753. The van der Waals surface area contributed by atoms with E-state index in [2.05, 4.69) is 20.9 Å². The van der Waals surface area contributed by atoms with E-state index < -0.39 is 12.1 Å². The first-order valence-corrected chi connectivity index (χ1v) is 14.5. The molecule has 3 aromatic rings. The van der Waals surface area contributed by atoms with Gasteiger partial charge in [-0.25, -0.2) is 4.98 Å². The first-order valence-electron chi connectivity index (χ1n) is 14.5. The average Bonchev–Trinajstić information content (AvgIpc) is 3.26. The lowest BCUT2D eigenvalue weighted by Crippen LogP contribution is -2.40. The molecule has 4 rings (SSSR count). The van der Waals surface area contributed by atoms with E-state index in [-0.39, 0.29) is 34.7 Å². The summed E-state index contributed by atoms with van der Waals surface area (Å²) in [6, 6.07) is 9.12. The number of aryl methyl sites for hydroxylation is 1. The van der Waals surface area contributed by atoms with Gasteiger partial charge in [-0.15, -0.1) is 0 Å². The molecule has 11 nitrogen and oxygen atoms in total. The normalized spacial score (nSPS) is 14.9. The quantitative estimate of drug-likeness (QED) is 0.284. The Morgan fingerprint density at radius 1 is 1.00 bits per heavy atom. The van der Waals surface area contributed by atoms with Crippen molar-refractivity contribution in [3.8, 4) is 34.3 Å². The maximum Gasteiger partial charge on any atom is 0.247 e. The maximum atomic E-state index is 13.8. The van der Waals surface area contributed by atoms with Crippen LogP contribution < -0.4 is 40.3 Å². The number of aromatic nitrogens is 1. The third-order valence-corrected chi connectivity index (χ3v) is 7.94. The summed E-state index contributed by atoms with van der Waals surface area (Å²) in [5.41, 5.74) is 3.33. The highest BCUT2D eigenvalue weighted by Crippen LogP contribution is 2.50. The Morgan fingerprint density at radius 2 is 1.75 bits per heavy atom. The largest absolute Gasteiger partial charge is 0.493 e. The van der Waals surface area contributed by atoms with Gasteiger partial charge in [0.05, 0.1) is 40.2 Å². The van der Waals surface area contributed by atoms with Gasteiger partial charge in [0.25, 0.3) is 0 Å². The van der Waals surface area contributed by atoms with Gasteiger partial charge in [-0.1, -0.05) is 26.3 Å². The number of fused-ring (bicyclic) bond motifs is 3. The third-order valence-electron chi connectivity index (χ3n) is 7.94. The number of anilines is 2. The van der Waals surface area contributed by atoms with Crippen LogP contribution in [0.15, 0.2) is 47.4 Å². The zero-order valence-corrected chi connectivity index (χ0v) is 26.2. The van der Waals surface area contributed by atoms with Gasteiger partial charge in [0.15, 0.2) is 11.5 Å². The van der Waals surface area contributed by atoms with Crippen molar-refractivity contribution in [1.29, 1.82) is 0 Å². The van der Waals surface area contributed by atoms with Crippen LogP contribution in [0.2, 0.25) is 0 Å². The Hall–Kier alpha value is -4.80. The SMILES string of the molecule is CCC(C)C(Nc1ccc2c(cc1=O)C(NC(C)=O)CCc1cc(OC)c(OC)c(OC)c1-2)C(=O)Nc1cccnc1OC. The van der Waals surface area contributed by atoms with Crippen LogP contribution in [0, 0.1) is 5.92 Å². The molecule has 44 heavy (non-hydrogen) atoms. The van der Waals surface area contributed by atoms with Gasteiger partial charge in [0.1, 0.15) is 11.7 Å². The molecule has 0 saturated heterocycles. The highest BCUT2D eigenvalue weighted by atomic mass is 16.5. The fourth-order valence-electron chi connectivity index (χ4n) is 5.56. The number of nitrogens with zero attached hydrogens (tertiary/aromatic N) is 1. The van der Waals surface area contributed by atoms with Gasteiger partial charge in [0, 0.05) is 18.7 Å². The van der Waals surface area contributed by atoms with Gasteiger partial charge >= 0.3 is 0 Å². The van der Waals surface area contributed by atoms with Crippen molar-refractivity contribution in [3.05, 3.63) is 63.9 Å². The summed E-state index contributed by atoms with van der Waals surface area (Å²) in [7, 11) is 6.13. The van der Waals surface area contributed by atoms with Crippen LogP contribution >= 0.6 is 0 Å². The summed E-state index contributed by atoms with van der Waals surface area (Å²) in [5.74, 6) is 0.995. The Balaban J connectivity index is 1.86. The maximum absolute atomic E-state index is 13.8. The lowest BCUT2D eigenvalue weighted by Gasteiger charge is -2.24. The second-order valence-corrected chi connectivity index (χ2v) is 10.7. The van der Waals surface area contributed by atoms with E-state index in [4.69, 9.17) is 18.9 Å². The summed E-state index contributed by atoms with van der Waals surface area (Å²) in [5, 5.41) is 9.11. The van der Waals surface area contributed by atoms with E-state index in [1.165, 1.54) is 27.2 Å². The fraction of sp³-hybridized carbons (Fsp3) is 0.394. The lowest BCUT2D eigenvalue weighted by molar-refractivity contribution is -0.120. The van der Waals surface area contributed by atoms with Gasteiger partial charge in [-0.05, 0) is 65.8 Å². The molecule has 1 heterocycles. The summed E-state index contributed by atoms with van der Waals surface area (Å²) >= 11 is 0. The van der Waals surface area contributed by atoms with Crippen molar-refractivity contribution in [3.63, 3.8) is 0 Å². The first-order chi connectivity index (χ1) is 21.2. The molecule has 0 aliphatic heterocycles. The van der Waals surface area contributed by atoms with Crippen LogP contribution in [0.1, 0.15) is 50.8 Å². The minimum absolute atomic E-state index is 0.134. The molecule has 0 radical (unpaired) electrons. The Labute approximate surface area is 257 Å². The predicted octanol–water partition coefficient (Wildman–Crippen LogP) is 4.73. The molecule has 11 heteroatoms. The number of methoxy groups -OCH3 is 4. The smallest absolute Gasteiger partial charge is 0.247 e. The second-order valence-electron chi connectivity index (χ2n) is 10.7. The molecule has 234 valence electrons. The zero-order valence-electron chi connectivity index (χ0n) is 26.2. The Morgan fingerprint density at radius 3 is 2.39 bits per heavy atom. The number of carbonyl (C=O) groups excluding carboxylic acids is 2. The number of nitrogens with one attached hydrogen (secondary N) is 3. The zero-order chi connectivity index (χ0) is 32.0. The fourth-order valence-corrected chi connectivity index (χ4v) is 5.56. The minimum Gasteiger partial charge on any atom is -0.493 e. The van der Waals surface area contributed by atoms with Gasteiger partial charge in [0.2, 0.25) is 28.9 Å². The molecule has 0 saturated carbocycles. The molecular formula is C33H40N4O7. The van der Waals surface area contributed by atoms with Crippen molar-refractivity contribution in [2.75, 3.05) is 39.1 Å². The van der Waals surface area contributed by atoms with Crippen LogP contribution in [0.3, 0.4) is 0 Å². The number of pyridine rings is 1. The first kappa shape index (κ1) is 32.1. The summed E-state index contributed by atoms with van der Waals surface area (Å²) in [6.45, 7) is 5.37. The molecule has 0 spiro atoms. The number of hydrogen-bond donors (Lipinski definition) is 3. The number of hydrogen-bond acceptors (Lipinski definition) is 9. The van der Waals surface area contributed by atoms with Crippen molar-refractivity contribution < 1.29 is 28.5 Å². The molecule has 0 bridgehead atoms. The number of carbonyl (C=O) groups is 2. The lowest BCUT2D eigenvalue weighted by atomic mass is 9.95. The van der Waals surface area contributed by atoms with Crippen molar-refractivity contribution >= 4 is 23.2 Å². The number of ether oxygens (including phenoxy) is 4. The van der Waals surface area contributed by atoms with E-state index in [9.17, 15) is 14.4 Å². The van der Waals surface area contributed by atoms with E-state index in [1.807, 2.05) is 26.0 Å². The van der Waals surface area contributed by atoms with Gasteiger partial charge in [-0.3, -0.25) is 14.4 Å². The summed E-state index contributed by atoms with van der Waals surface area (Å²) in [4.78, 5) is 43.8. The highest BCUT2D eigenvalue weighted by molar-refractivity contribution is 5.97. The molecule has 3 atom stereocenters. The predicted molar refractivity (Wildman–Crippen MR) is 169 cm³/mol. The van der Waals surface area contributed by atoms with Crippen LogP contribution in [0.5, 0.6) is 23.1 Å². The van der Waals surface area contributed by atoms with E-state index in [0.29, 0.717) is 53.3 Å². The molecule has 2 aromatic carbocycles. The summed E-state index contributed by atoms with van der Waals surface area (Å²) in [6.07, 6.45) is 3.37.